The van der Waals surface area contributed by atoms with Crippen molar-refractivity contribution in [3.8, 4) is 0 Å². The first-order chi connectivity index (χ1) is 9.55. The summed E-state index contributed by atoms with van der Waals surface area (Å²) in [6.07, 6.45) is 2.20. The molecule has 0 atom stereocenters. The normalized spacial score (nSPS) is 21.0. The van der Waals surface area contributed by atoms with Crippen molar-refractivity contribution >= 4 is 40.7 Å². The van der Waals surface area contributed by atoms with E-state index in [2.05, 4.69) is 20.9 Å². The zero-order valence-corrected chi connectivity index (χ0v) is 14.3. The fourth-order valence-electron chi connectivity index (χ4n) is 1.75. The lowest BCUT2D eigenvalue weighted by Gasteiger charge is -2.32. The third kappa shape index (κ3) is 3.16. The van der Waals surface area contributed by atoms with Gasteiger partial charge >= 0.3 is 7.12 Å². The summed E-state index contributed by atoms with van der Waals surface area (Å²) >= 11 is 8.78. The smallest absolute Gasteiger partial charge is 0.398 e. The Kier molecular flexibility index (Phi) is 4.51. The molecule has 0 radical (unpaired) electrons. The maximum atomic E-state index is 14.3. The SMILES string of the molecule is CC1(C)OB(C(F)=Cc2c(Cl)cnc(Br)c2F)OC1(C)C. The Hall–Kier alpha value is -0.495. The highest BCUT2D eigenvalue weighted by atomic mass is 79.9. The molecule has 0 aliphatic carbocycles. The number of halogens is 4. The Balaban J connectivity index is 2.34. The minimum absolute atomic E-state index is 0.00219. The second kappa shape index (κ2) is 5.61. The molecule has 1 aliphatic heterocycles. The largest absolute Gasteiger partial charge is 0.525 e. The van der Waals surface area contributed by atoms with Crippen molar-refractivity contribution in [3.63, 3.8) is 0 Å². The number of hydrogen-bond donors (Lipinski definition) is 0. The number of pyridine rings is 1. The summed E-state index contributed by atoms with van der Waals surface area (Å²) in [5, 5.41) is 0.00219. The van der Waals surface area contributed by atoms with Crippen molar-refractivity contribution < 1.29 is 18.1 Å². The van der Waals surface area contributed by atoms with Crippen LogP contribution in [0.2, 0.25) is 5.02 Å². The van der Waals surface area contributed by atoms with E-state index in [9.17, 15) is 8.78 Å². The Morgan fingerprint density at radius 3 is 2.38 bits per heavy atom. The molecule has 0 bridgehead atoms. The van der Waals surface area contributed by atoms with Gasteiger partial charge in [-0.25, -0.2) is 13.8 Å². The third-order valence-corrected chi connectivity index (χ3v) is 4.58. The fraction of sp³-hybridized carbons (Fsp3) is 0.462. The monoisotopic (exact) mass is 379 g/mol. The minimum Gasteiger partial charge on any atom is -0.398 e. The second-order valence-corrected chi connectivity index (χ2v) is 6.90. The molecule has 1 aliphatic rings. The first-order valence-corrected chi connectivity index (χ1v) is 7.44. The molecule has 0 spiro atoms. The van der Waals surface area contributed by atoms with Gasteiger partial charge in [-0.15, -0.1) is 0 Å². The molecule has 1 aromatic heterocycles. The van der Waals surface area contributed by atoms with Gasteiger partial charge in [0.1, 0.15) is 10.3 Å². The summed E-state index contributed by atoms with van der Waals surface area (Å²) in [5.41, 5.74) is -2.22. The molecule has 8 heteroatoms. The Morgan fingerprint density at radius 1 is 1.33 bits per heavy atom. The fourth-order valence-corrected chi connectivity index (χ4v) is 2.25. The van der Waals surface area contributed by atoms with Crippen LogP contribution in [0.4, 0.5) is 8.78 Å². The molecule has 3 nitrogen and oxygen atoms in total. The van der Waals surface area contributed by atoms with Crippen LogP contribution in [0.3, 0.4) is 0 Å². The maximum absolute atomic E-state index is 14.3. The van der Waals surface area contributed by atoms with E-state index in [0.29, 0.717) is 0 Å². The maximum Gasteiger partial charge on any atom is 0.525 e. The van der Waals surface area contributed by atoms with Crippen LogP contribution >= 0.6 is 27.5 Å². The Morgan fingerprint density at radius 2 is 1.86 bits per heavy atom. The van der Waals surface area contributed by atoms with Crippen molar-refractivity contribution in [1.82, 2.24) is 4.98 Å². The van der Waals surface area contributed by atoms with Gasteiger partial charge < -0.3 is 9.31 Å². The summed E-state index contributed by atoms with van der Waals surface area (Å²) in [4.78, 5) is 3.69. The van der Waals surface area contributed by atoms with Crippen molar-refractivity contribution in [2.24, 2.45) is 0 Å². The number of rotatable bonds is 2. The molecular formula is C13H14BBrClF2NO2. The van der Waals surface area contributed by atoms with Crippen LogP contribution in [0.15, 0.2) is 16.5 Å². The van der Waals surface area contributed by atoms with Crippen LogP contribution in [0.25, 0.3) is 6.08 Å². The van der Waals surface area contributed by atoms with Crippen LogP contribution in [-0.4, -0.2) is 23.3 Å². The molecule has 1 aromatic rings. The van der Waals surface area contributed by atoms with E-state index in [0.717, 1.165) is 6.08 Å². The first-order valence-electron chi connectivity index (χ1n) is 6.27. The van der Waals surface area contributed by atoms with Crippen molar-refractivity contribution in [2.75, 3.05) is 0 Å². The first kappa shape index (κ1) is 16.9. The van der Waals surface area contributed by atoms with Crippen molar-refractivity contribution in [1.29, 1.82) is 0 Å². The van der Waals surface area contributed by atoms with Gasteiger partial charge in [0, 0.05) is 11.8 Å². The summed E-state index contributed by atoms with van der Waals surface area (Å²) < 4.78 is 39.3. The third-order valence-electron chi connectivity index (χ3n) is 3.73. The van der Waals surface area contributed by atoms with Crippen LogP contribution in [0, 0.1) is 5.82 Å². The molecule has 0 saturated carbocycles. The number of hydrogen-bond acceptors (Lipinski definition) is 3. The predicted molar refractivity (Wildman–Crippen MR) is 82.1 cm³/mol. The van der Waals surface area contributed by atoms with E-state index in [-0.39, 0.29) is 15.2 Å². The van der Waals surface area contributed by atoms with E-state index in [1.807, 2.05) is 0 Å². The van der Waals surface area contributed by atoms with Gasteiger partial charge in [0.25, 0.3) is 0 Å². The van der Waals surface area contributed by atoms with Crippen LogP contribution in [-0.2, 0) is 9.31 Å². The van der Waals surface area contributed by atoms with E-state index in [1.165, 1.54) is 6.20 Å². The zero-order chi connectivity index (χ0) is 16.0. The molecule has 1 fully saturated rings. The highest BCUT2D eigenvalue weighted by Gasteiger charge is 2.53. The summed E-state index contributed by atoms with van der Waals surface area (Å²) in [6.45, 7) is 7.21. The predicted octanol–water partition coefficient (Wildman–Crippen LogP) is 4.58. The summed E-state index contributed by atoms with van der Waals surface area (Å²) in [7, 11) is -1.20. The van der Waals surface area contributed by atoms with E-state index in [4.69, 9.17) is 20.9 Å². The van der Waals surface area contributed by atoms with Gasteiger partial charge in [0.2, 0.25) is 0 Å². The van der Waals surface area contributed by atoms with Crippen LogP contribution in [0.5, 0.6) is 0 Å². The molecule has 0 amide bonds. The number of nitrogens with zero attached hydrogens (tertiary/aromatic N) is 1. The van der Waals surface area contributed by atoms with Gasteiger partial charge in [0.15, 0.2) is 5.82 Å². The molecule has 114 valence electrons. The zero-order valence-electron chi connectivity index (χ0n) is 12.0. The molecule has 0 N–H and O–H groups in total. The lowest BCUT2D eigenvalue weighted by Crippen LogP contribution is -2.41. The van der Waals surface area contributed by atoms with Crippen LogP contribution < -0.4 is 0 Å². The Labute approximate surface area is 135 Å². The molecule has 21 heavy (non-hydrogen) atoms. The van der Waals surface area contributed by atoms with Gasteiger partial charge in [-0.1, -0.05) is 11.6 Å². The average molecular weight is 380 g/mol. The topological polar surface area (TPSA) is 31.4 Å². The molecular weight excluding hydrogens is 366 g/mol. The summed E-state index contributed by atoms with van der Waals surface area (Å²) in [5.74, 6) is -0.742. The lowest BCUT2D eigenvalue weighted by atomic mass is 9.87. The molecule has 0 unspecified atom stereocenters. The van der Waals surface area contributed by atoms with Gasteiger partial charge in [-0.05, 0) is 49.7 Å². The average Bonchev–Trinajstić information content (AvgIpc) is 2.59. The lowest BCUT2D eigenvalue weighted by molar-refractivity contribution is 0.00578. The van der Waals surface area contributed by atoms with Gasteiger partial charge in [0.05, 0.1) is 16.2 Å². The van der Waals surface area contributed by atoms with Crippen molar-refractivity contribution in [3.05, 3.63) is 32.9 Å². The van der Waals surface area contributed by atoms with Gasteiger partial charge in [-0.3, -0.25) is 0 Å². The van der Waals surface area contributed by atoms with E-state index < -0.39 is 29.9 Å². The van der Waals surface area contributed by atoms with Crippen molar-refractivity contribution in [2.45, 2.75) is 38.9 Å². The highest BCUT2D eigenvalue weighted by molar-refractivity contribution is 9.10. The highest BCUT2D eigenvalue weighted by Crippen LogP contribution is 2.39. The standard InChI is InChI=1S/C13H14BBrClF2NO2/c1-12(2)13(3,4)21-14(20-12)9(17)5-7-8(16)6-19-11(15)10(7)18/h5-6H,1-4H3. The summed E-state index contributed by atoms with van der Waals surface area (Å²) in [6, 6.07) is 0. The van der Waals surface area contributed by atoms with Crippen LogP contribution in [0.1, 0.15) is 33.3 Å². The molecule has 2 rings (SSSR count). The number of aromatic nitrogens is 1. The molecule has 2 heterocycles. The molecule has 1 saturated heterocycles. The van der Waals surface area contributed by atoms with E-state index in [1.54, 1.807) is 27.7 Å². The van der Waals surface area contributed by atoms with Gasteiger partial charge in [-0.2, -0.15) is 0 Å². The quantitative estimate of drug-likeness (QED) is 0.556. The minimum atomic E-state index is -1.20. The molecule has 0 aromatic carbocycles. The second-order valence-electron chi connectivity index (χ2n) is 5.74. The Bertz CT molecular complexity index is 594. The van der Waals surface area contributed by atoms with E-state index >= 15 is 0 Å².